The molecule has 1 aliphatic rings. The van der Waals surface area contributed by atoms with Crippen LogP contribution in [-0.4, -0.2) is 50.3 Å². The zero-order valence-corrected chi connectivity index (χ0v) is 16.7. The molecule has 2 rings (SSSR count). The Morgan fingerprint density at radius 2 is 2.07 bits per heavy atom. The van der Waals surface area contributed by atoms with E-state index >= 15 is 0 Å². The van der Waals surface area contributed by atoms with Gasteiger partial charge in [-0.05, 0) is 38.0 Å². The number of anilines is 1. The van der Waals surface area contributed by atoms with Crippen molar-refractivity contribution in [3.05, 3.63) is 24.3 Å². The second kappa shape index (κ2) is 9.16. The Morgan fingerprint density at radius 3 is 2.71 bits per heavy atom. The normalized spacial score (nSPS) is 18.2. The van der Waals surface area contributed by atoms with E-state index in [0.717, 1.165) is 0 Å². The fraction of sp³-hybridized carbons (Fsp3) is 0.500. The molecular weight excluding hydrogens is 386 g/mol. The number of rotatable bonds is 6. The first-order chi connectivity index (χ1) is 13.1. The van der Waals surface area contributed by atoms with Crippen molar-refractivity contribution in [1.82, 2.24) is 4.90 Å². The van der Waals surface area contributed by atoms with Crippen molar-refractivity contribution in [3.8, 4) is 0 Å². The Kier molecular flexibility index (Phi) is 7.14. The highest BCUT2D eigenvalue weighted by Crippen LogP contribution is 2.20. The van der Waals surface area contributed by atoms with Gasteiger partial charge >= 0.3 is 5.97 Å². The van der Waals surface area contributed by atoms with Gasteiger partial charge in [0.05, 0.1) is 10.8 Å². The molecule has 9 nitrogen and oxygen atoms in total. The van der Waals surface area contributed by atoms with Crippen LogP contribution in [0.15, 0.2) is 29.2 Å². The molecule has 1 saturated heterocycles. The Morgan fingerprint density at radius 1 is 1.36 bits per heavy atom. The third kappa shape index (κ3) is 5.77. The highest BCUT2D eigenvalue weighted by atomic mass is 32.2. The summed E-state index contributed by atoms with van der Waals surface area (Å²) in [5, 5.41) is 7.57. The number of nitrogens with one attached hydrogen (secondary N) is 1. The number of primary sulfonamides is 1. The Bertz CT molecular complexity index is 855. The van der Waals surface area contributed by atoms with Gasteiger partial charge < -0.3 is 15.0 Å². The smallest absolute Gasteiger partial charge is 0.311 e. The van der Waals surface area contributed by atoms with Crippen LogP contribution in [-0.2, 0) is 29.1 Å². The van der Waals surface area contributed by atoms with Crippen molar-refractivity contribution in [3.63, 3.8) is 0 Å². The molecule has 1 fully saturated rings. The molecule has 3 N–H and O–H groups in total. The van der Waals surface area contributed by atoms with Gasteiger partial charge in [-0.3, -0.25) is 14.4 Å². The van der Waals surface area contributed by atoms with E-state index in [2.05, 4.69) is 5.32 Å². The average Bonchev–Trinajstić information content (AvgIpc) is 2.66. The van der Waals surface area contributed by atoms with Gasteiger partial charge in [-0.2, -0.15) is 0 Å². The molecule has 2 amide bonds. The van der Waals surface area contributed by atoms with Crippen LogP contribution in [0.25, 0.3) is 0 Å². The molecule has 0 bridgehead atoms. The molecule has 0 radical (unpaired) electrons. The van der Waals surface area contributed by atoms with E-state index in [1.165, 1.54) is 31.2 Å². The number of sulfonamides is 1. The van der Waals surface area contributed by atoms with Crippen molar-refractivity contribution in [2.75, 3.05) is 18.4 Å². The zero-order chi connectivity index (χ0) is 20.9. The highest BCUT2D eigenvalue weighted by molar-refractivity contribution is 7.89. The molecule has 154 valence electrons. The largest absolute Gasteiger partial charge is 0.452 e. The van der Waals surface area contributed by atoms with Crippen LogP contribution in [0.4, 0.5) is 5.69 Å². The summed E-state index contributed by atoms with van der Waals surface area (Å²) in [4.78, 5) is 38.0. The SMILES string of the molecule is CCC(=O)N1CCCC(C(=O)OC(C)C(=O)Nc2cccc(S(N)(=O)=O)c2)C1. The van der Waals surface area contributed by atoms with Crippen LogP contribution in [0.2, 0.25) is 0 Å². The molecule has 1 heterocycles. The van der Waals surface area contributed by atoms with Crippen molar-refractivity contribution in [1.29, 1.82) is 0 Å². The summed E-state index contributed by atoms with van der Waals surface area (Å²) in [7, 11) is -3.90. The Labute approximate surface area is 164 Å². The number of nitrogens with two attached hydrogens (primary N) is 1. The van der Waals surface area contributed by atoms with E-state index in [9.17, 15) is 22.8 Å². The van der Waals surface area contributed by atoms with Crippen LogP contribution >= 0.6 is 0 Å². The number of esters is 1. The van der Waals surface area contributed by atoms with Gasteiger partial charge in [-0.1, -0.05) is 13.0 Å². The number of carbonyl (C=O) groups is 3. The van der Waals surface area contributed by atoms with Crippen LogP contribution in [0.3, 0.4) is 0 Å². The summed E-state index contributed by atoms with van der Waals surface area (Å²) in [6, 6.07) is 5.46. The van der Waals surface area contributed by atoms with Gasteiger partial charge in [-0.15, -0.1) is 0 Å². The third-order valence-electron chi connectivity index (χ3n) is 4.50. The maximum atomic E-state index is 12.4. The minimum Gasteiger partial charge on any atom is -0.452 e. The fourth-order valence-electron chi connectivity index (χ4n) is 2.94. The highest BCUT2D eigenvalue weighted by Gasteiger charge is 2.31. The number of carbonyl (C=O) groups excluding carboxylic acids is 3. The van der Waals surface area contributed by atoms with E-state index in [0.29, 0.717) is 25.8 Å². The van der Waals surface area contributed by atoms with Crippen molar-refractivity contribution in [2.24, 2.45) is 11.1 Å². The molecular formula is C18H25N3O6S. The van der Waals surface area contributed by atoms with Crippen molar-refractivity contribution >= 4 is 33.5 Å². The maximum absolute atomic E-state index is 12.4. The summed E-state index contributed by atoms with van der Waals surface area (Å²) in [5.74, 6) is -1.62. The molecule has 0 aromatic heterocycles. The molecule has 28 heavy (non-hydrogen) atoms. The average molecular weight is 411 g/mol. The molecule has 1 aromatic carbocycles. The summed E-state index contributed by atoms with van der Waals surface area (Å²) in [6.07, 6.45) is 0.588. The van der Waals surface area contributed by atoms with E-state index in [4.69, 9.17) is 9.88 Å². The summed E-state index contributed by atoms with van der Waals surface area (Å²) in [6.45, 7) is 4.10. The molecule has 0 saturated carbocycles. The quantitative estimate of drug-likeness (QED) is 0.666. The first-order valence-corrected chi connectivity index (χ1v) is 10.6. The number of hydrogen-bond acceptors (Lipinski definition) is 6. The van der Waals surface area contributed by atoms with Gasteiger partial charge in [0.1, 0.15) is 0 Å². The summed E-state index contributed by atoms with van der Waals surface area (Å²) in [5.41, 5.74) is 0.219. The predicted molar refractivity (Wildman–Crippen MR) is 102 cm³/mol. The van der Waals surface area contributed by atoms with Crippen LogP contribution in [0, 0.1) is 5.92 Å². The fourth-order valence-corrected chi connectivity index (χ4v) is 3.50. The molecule has 2 atom stereocenters. The number of amides is 2. The van der Waals surface area contributed by atoms with Crippen LogP contribution < -0.4 is 10.5 Å². The van der Waals surface area contributed by atoms with Crippen LogP contribution in [0.5, 0.6) is 0 Å². The lowest BCUT2D eigenvalue weighted by Crippen LogP contribution is -2.43. The van der Waals surface area contributed by atoms with E-state index in [1.807, 2.05) is 0 Å². The molecule has 0 aliphatic carbocycles. The molecule has 2 unspecified atom stereocenters. The van der Waals surface area contributed by atoms with E-state index < -0.39 is 33.9 Å². The number of benzene rings is 1. The van der Waals surface area contributed by atoms with Gasteiger partial charge in [-0.25, -0.2) is 13.6 Å². The number of hydrogen-bond donors (Lipinski definition) is 2. The monoisotopic (exact) mass is 411 g/mol. The van der Waals surface area contributed by atoms with Gasteiger partial charge in [0.15, 0.2) is 6.10 Å². The van der Waals surface area contributed by atoms with Gasteiger partial charge in [0, 0.05) is 25.2 Å². The lowest BCUT2D eigenvalue weighted by atomic mass is 9.98. The lowest BCUT2D eigenvalue weighted by Gasteiger charge is -2.31. The minimum absolute atomic E-state index is 0.0157. The maximum Gasteiger partial charge on any atom is 0.311 e. The first-order valence-electron chi connectivity index (χ1n) is 9.03. The Hall–Kier alpha value is -2.46. The minimum atomic E-state index is -3.90. The molecule has 1 aromatic rings. The summed E-state index contributed by atoms with van der Waals surface area (Å²) >= 11 is 0. The number of ether oxygens (including phenoxy) is 1. The third-order valence-corrected chi connectivity index (χ3v) is 5.41. The predicted octanol–water partition coefficient (Wildman–Crippen LogP) is 0.853. The van der Waals surface area contributed by atoms with E-state index in [1.54, 1.807) is 11.8 Å². The van der Waals surface area contributed by atoms with Crippen molar-refractivity contribution in [2.45, 2.75) is 44.1 Å². The first kappa shape index (κ1) is 21.8. The molecule has 1 aliphatic heterocycles. The van der Waals surface area contributed by atoms with Crippen molar-refractivity contribution < 1.29 is 27.5 Å². The number of piperidine rings is 1. The number of nitrogens with zero attached hydrogens (tertiary/aromatic N) is 1. The molecule has 10 heteroatoms. The Balaban J connectivity index is 1.95. The lowest BCUT2D eigenvalue weighted by molar-refractivity contribution is -0.159. The molecule has 0 spiro atoms. The second-order valence-electron chi connectivity index (χ2n) is 6.67. The zero-order valence-electron chi connectivity index (χ0n) is 15.9. The number of likely N-dealkylation sites (tertiary alicyclic amines) is 1. The van der Waals surface area contributed by atoms with E-state index in [-0.39, 0.29) is 23.0 Å². The van der Waals surface area contributed by atoms with Gasteiger partial charge in [0.2, 0.25) is 15.9 Å². The standard InChI is InChI=1S/C18H25N3O6S/c1-3-16(22)21-9-5-6-13(11-21)18(24)27-12(2)17(23)20-14-7-4-8-15(10-14)28(19,25)26/h4,7-8,10,12-13H,3,5-6,9,11H2,1-2H3,(H,20,23)(H2,19,25,26). The van der Waals surface area contributed by atoms with Gasteiger partial charge in [0.25, 0.3) is 5.91 Å². The topological polar surface area (TPSA) is 136 Å². The second-order valence-corrected chi connectivity index (χ2v) is 8.24. The summed E-state index contributed by atoms with van der Waals surface area (Å²) < 4.78 is 28.0. The van der Waals surface area contributed by atoms with Crippen LogP contribution in [0.1, 0.15) is 33.1 Å².